The maximum atomic E-state index is 12.2. The van der Waals surface area contributed by atoms with Crippen LogP contribution in [0.2, 0.25) is 5.02 Å². The van der Waals surface area contributed by atoms with E-state index in [1.54, 1.807) is 18.2 Å². The molecule has 1 N–H and O–H groups in total. The van der Waals surface area contributed by atoms with Gasteiger partial charge in [-0.05, 0) is 12.1 Å². The van der Waals surface area contributed by atoms with Gasteiger partial charge in [0.05, 0.1) is 22.5 Å². The predicted octanol–water partition coefficient (Wildman–Crippen LogP) is 3.42. The number of anilines is 1. The molecule has 0 heterocycles. The molecule has 0 radical (unpaired) electrons. The van der Waals surface area contributed by atoms with Crippen LogP contribution in [0.3, 0.4) is 0 Å². The third-order valence-electron chi connectivity index (χ3n) is 3.02. The fraction of sp³-hybridized carbons (Fsp3) is 0.0714. The zero-order chi connectivity index (χ0) is 17.9. The van der Waals surface area contributed by atoms with Crippen molar-refractivity contribution < 1.29 is 19.4 Å². The van der Waals surface area contributed by atoms with Gasteiger partial charge in [0.1, 0.15) is 5.75 Å². The molecule has 2 rings (SSSR count). The first-order chi connectivity index (χ1) is 11.3. The summed E-state index contributed by atoms with van der Waals surface area (Å²) in [6.45, 7) is 0. The molecule has 0 saturated heterocycles. The standard InChI is InChI=1S/C14H10ClN3O6/c1-24-10-4-2-3-9(7-10)16-14(19)8-5-11(17(20)21)13(15)12(6-8)18(22)23/h2-7H,1H3,(H,16,19). The number of amides is 1. The third-order valence-corrected chi connectivity index (χ3v) is 3.40. The number of carbonyl (C=O) groups excluding carboxylic acids is 1. The van der Waals surface area contributed by atoms with Crippen molar-refractivity contribution in [3.63, 3.8) is 0 Å². The lowest BCUT2D eigenvalue weighted by molar-refractivity contribution is -0.393. The molecule has 0 aliphatic rings. The van der Waals surface area contributed by atoms with Crippen molar-refractivity contribution in [1.29, 1.82) is 0 Å². The lowest BCUT2D eigenvalue weighted by Crippen LogP contribution is -2.13. The normalized spacial score (nSPS) is 10.1. The van der Waals surface area contributed by atoms with Crippen LogP contribution in [0.25, 0.3) is 0 Å². The van der Waals surface area contributed by atoms with E-state index >= 15 is 0 Å². The summed E-state index contributed by atoms with van der Waals surface area (Å²) in [6, 6.07) is 8.14. The summed E-state index contributed by atoms with van der Waals surface area (Å²) in [5, 5.41) is 23.8. The van der Waals surface area contributed by atoms with Gasteiger partial charge in [-0.25, -0.2) is 0 Å². The van der Waals surface area contributed by atoms with Gasteiger partial charge in [-0.1, -0.05) is 17.7 Å². The highest BCUT2D eigenvalue weighted by Gasteiger charge is 2.27. The van der Waals surface area contributed by atoms with E-state index in [4.69, 9.17) is 16.3 Å². The molecule has 0 aliphatic heterocycles. The number of nitrogens with one attached hydrogen (secondary N) is 1. The maximum Gasteiger partial charge on any atom is 0.295 e. The zero-order valence-electron chi connectivity index (χ0n) is 12.2. The second-order valence-electron chi connectivity index (χ2n) is 4.53. The van der Waals surface area contributed by atoms with E-state index in [2.05, 4.69) is 5.32 Å². The van der Waals surface area contributed by atoms with Gasteiger partial charge in [0, 0.05) is 23.9 Å². The number of nitro benzene ring substituents is 2. The predicted molar refractivity (Wildman–Crippen MR) is 85.7 cm³/mol. The number of ether oxygens (including phenoxy) is 1. The Morgan fingerprint density at radius 3 is 2.21 bits per heavy atom. The largest absolute Gasteiger partial charge is 0.497 e. The van der Waals surface area contributed by atoms with E-state index in [9.17, 15) is 25.0 Å². The van der Waals surface area contributed by atoms with Gasteiger partial charge < -0.3 is 10.1 Å². The summed E-state index contributed by atoms with van der Waals surface area (Å²) in [6.07, 6.45) is 0. The molecule has 0 unspecified atom stereocenters. The van der Waals surface area contributed by atoms with Crippen LogP contribution in [0.5, 0.6) is 5.75 Å². The van der Waals surface area contributed by atoms with Crippen LogP contribution in [0.15, 0.2) is 36.4 Å². The highest BCUT2D eigenvalue weighted by Crippen LogP contribution is 2.35. The number of nitro groups is 2. The molecule has 0 aromatic heterocycles. The molecule has 2 aromatic carbocycles. The molecular formula is C14H10ClN3O6. The van der Waals surface area contributed by atoms with Crippen LogP contribution in [0, 0.1) is 20.2 Å². The maximum absolute atomic E-state index is 12.2. The summed E-state index contributed by atoms with van der Waals surface area (Å²) in [5.41, 5.74) is -1.34. The van der Waals surface area contributed by atoms with Crippen molar-refractivity contribution >= 4 is 34.6 Å². The van der Waals surface area contributed by atoms with Crippen LogP contribution in [0.4, 0.5) is 17.1 Å². The minimum absolute atomic E-state index is 0.263. The van der Waals surface area contributed by atoms with Crippen LogP contribution in [-0.4, -0.2) is 22.9 Å². The average molecular weight is 352 g/mol. The van der Waals surface area contributed by atoms with Gasteiger partial charge in [-0.2, -0.15) is 0 Å². The van der Waals surface area contributed by atoms with E-state index in [-0.39, 0.29) is 5.56 Å². The van der Waals surface area contributed by atoms with Crippen LogP contribution in [0.1, 0.15) is 10.4 Å². The lowest BCUT2D eigenvalue weighted by Gasteiger charge is -2.07. The quantitative estimate of drug-likeness (QED) is 0.650. The molecule has 0 saturated carbocycles. The van der Waals surface area contributed by atoms with Gasteiger partial charge in [0.15, 0.2) is 5.02 Å². The van der Waals surface area contributed by atoms with E-state index < -0.39 is 32.2 Å². The third kappa shape index (κ3) is 3.58. The van der Waals surface area contributed by atoms with Crippen LogP contribution >= 0.6 is 11.6 Å². The number of methoxy groups -OCH3 is 1. The molecule has 24 heavy (non-hydrogen) atoms. The number of benzene rings is 2. The van der Waals surface area contributed by atoms with Gasteiger partial charge in [-0.3, -0.25) is 25.0 Å². The molecular weight excluding hydrogens is 342 g/mol. The van der Waals surface area contributed by atoms with E-state index in [0.717, 1.165) is 12.1 Å². The minimum atomic E-state index is -0.891. The Hall–Kier alpha value is -3.20. The second kappa shape index (κ2) is 6.92. The lowest BCUT2D eigenvalue weighted by atomic mass is 10.1. The highest BCUT2D eigenvalue weighted by molar-refractivity contribution is 6.35. The zero-order valence-corrected chi connectivity index (χ0v) is 12.9. The van der Waals surface area contributed by atoms with Crippen molar-refractivity contribution in [3.8, 4) is 5.75 Å². The van der Waals surface area contributed by atoms with E-state index in [1.165, 1.54) is 13.2 Å². The molecule has 2 aromatic rings. The van der Waals surface area contributed by atoms with Gasteiger partial charge in [-0.15, -0.1) is 0 Å². The number of carbonyl (C=O) groups is 1. The van der Waals surface area contributed by atoms with Crippen molar-refractivity contribution in [3.05, 3.63) is 67.2 Å². The molecule has 124 valence electrons. The van der Waals surface area contributed by atoms with E-state index in [0.29, 0.717) is 11.4 Å². The van der Waals surface area contributed by atoms with Gasteiger partial charge in [0.25, 0.3) is 17.3 Å². The minimum Gasteiger partial charge on any atom is -0.497 e. The van der Waals surface area contributed by atoms with Crippen molar-refractivity contribution in [2.24, 2.45) is 0 Å². The number of halogens is 1. The Balaban J connectivity index is 2.41. The highest BCUT2D eigenvalue weighted by atomic mass is 35.5. The summed E-state index contributed by atoms with van der Waals surface area (Å²) in [4.78, 5) is 32.4. The van der Waals surface area contributed by atoms with Gasteiger partial charge in [0.2, 0.25) is 0 Å². The Morgan fingerprint density at radius 2 is 1.71 bits per heavy atom. The summed E-state index contributed by atoms with van der Waals surface area (Å²) >= 11 is 5.64. The topological polar surface area (TPSA) is 125 Å². The first-order valence-corrected chi connectivity index (χ1v) is 6.79. The van der Waals surface area contributed by atoms with Crippen LogP contribution < -0.4 is 10.1 Å². The molecule has 0 spiro atoms. The summed E-state index contributed by atoms with van der Waals surface area (Å²) in [5.74, 6) is -0.271. The van der Waals surface area contributed by atoms with Gasteiger partial charge >= 0.3 is 0 Å². The summed E-state index contributed by atoms with van der Waals surface area (Å²) in [7, 11) is 1.45. The number of hydrogen-bond donors (Lipinski definition) is 1. The fourth-order valence-electron chi connectivity index (χ4n) is 1.90. The van der Waals surface area contributed by atoms with Crippen molar-refractivity contribution in [1.82, 2.24) is 0 Å². The van der Waals surface area contributed by atoms with E-state index in [1.807, 2.05) is 0 Å². The fourth-order valence-corrected chi connectivity index (χ4v) is 2.14. The average Bonchev–Trinajstić information content (AvgIpc) is 2.54. The molecule has 0 aliphatic carbocycles. The van der Waals surface area contributed by atoms with Crippen molar-refractivity contribution in [2.75, 3.05) is 12.4 Å². The molecule has 9 nitrogen and oxygen atoms in total. The Bertz CT molecular complexity index is 804. The monoisotopic (exact) mass is 351 g/mol. The smallest absolute Gasteiger partial charge is 0.295 e. The number of hydrogen-bond acceptors (Lipinski definition) is 6. The molecule has 0 bridgehead atoms. The molecule has 10 heteroatoms. The van der Waals surface area contributed by atoms with Crippen molar-refractivity contribution in [2.45, 2.75) is 0 Å². The second-order valence-corrected chi connectivity index (χ2v) is 4.91. The number of rotatable bonds is 5. The first kappa shape index (κ1) is 17.2. The Morgan fingerprint density at radius 1 is 1.12 bits per heavy atom. The molecule has 1 amide bonds. The molecule has 0 fully saturated rings. The SMILES string of the molecule is COc1cccc(NC(=O)c2cc([N+](=O)[O-])c(Cl)c([N+](=O)[O-])c2)c1. The molecule has 0 atom stereocenters. The first-order valence-electron chi connectivity index (χ1n) is 6.41. The van der Waals surface area contributed by atoms with Crippen LogP contribution in [-0.2, 0) is 0 Å². The Labute approximate surface area is 140 Å². The summed E-state index contributed by atoms with van der Waals surface area (Å²) < 4.78 is 5.01. The Kier molecular flexibility index (Phi) is 4.95. The number of nitrogens with zero attached hydrogens (tertiary/aromatic N) is 2.